The standard InChI is InChI=1S/C21H25N3O3/c1-15(12-17-5-3-11-27-17)14-23-7-9-24(10-8-23)20-18(21(25)26)13-16-4-2-6-19(16)22-20/h3,5,11-13H,2,4,6-10,14H2,1H3,(H,25,26)/b15-12+. The van der Waals surface area contributed by atoms with Crippen LogP contribution in [0.4, 0.5) is 5.82 Å². The van der Waals surface area contributed by atoms with Crippen molar-refractivity contribution < 1.29 is 14.3 Å². The smallest absolute Gasteiger partial charge is 0.339 e. The quantitative estimate of drug-likeness (QED) is 0.876. The monoisotopic (exact) mass is 367 g/mol. The van der Waals surface area contributed by atoms with Crippen molar-refractivity contribution in [1.82, 2.24) is 9.88 Å². The highest BCUT2D eigenvalue weighted by molar-refractivity contribution is 5.93. The van der Waals surface area contributed by atoms with Crippen molar-refractivity contribution in [2.45, 2.75) is 26.2 Å². The minimum absolute atomic E-state index is 0.345. The van der Waals surface area contributed by atoms with Gasteiger partial charge in [0.2, 0.25) is 0 Å². The van der Waals surface area contributed by atoms with Gasteiger partial charge in [0.25, 0.3) is 0 Å². The first kappa shape index (κ1) is 17.8. The van der Waals surface area contributed by atoms with Gasteiger partial charge in [-0.05, 0) is 56.0 Å². The first-order chi connectivity index (χ1) is 13.1. The second-order valence-electron chi connectivity index (χ2n) is 7.39. The third-order valence-corrected chi connectivity index (χ3v) is 5.34. The average Bonchev–Trinajstić information content (AvgIpc) is 3.32. The SMILES string of the molecule is C/C(=C\c1ccco1)CN1CCN(c2nc3c(cc2C(=O)O)CCC3)CC1. The Morgan fingerprint density at radius 3 is 2.81 bits per heavy atom. The maximum atomic E-state index is 11.7. The summed E-state index contributed by atoms with van der Waals surface area (Å²) in [5, 5.41) is 9.63. The van der Waals surface area contributed by atoms with E-state index in [1.165, 1.54) is 5.57 Å². The molecule has 1 saturated heterocycles. The molecule has 2 aliphatic rings. The topological polar surface area (TPSA) is 69.8 Å². The molecule has 0 unspecified atom stereocenters. The number of furan rings is 1. The molecule has 1 N–H and O–H groups in total. The summed E-state index contributed by atoms with van der Waals surface area (Å²) in [5.74, 6) is 0.636. The van der Waals surface area contributed by atoms with Crippen LogP contribution in [-0.2, 0) is 12.8 Å². The van der Waals surface area contributed by atoms with E-state index in [9.17, 15) is 9.90 Å². The molecule has 0 atom stereocenters. The molecule has 6 nitrogen and oxygen atoms in total. The second-order valence-corrected chi connectivity index (χ2v) is 7.39. The summed E-state index contributed by atoms with van der Waals surface area (Å²) >= 11 is 0. The van der Waals surface area contributed by atoms with Crippen molar-refractivity contribution in [1.29, 1.82) is 0 Å². The number of pyridine rings is 1. The van der Waals surface area contributed by atoms with Crippen LogP contribution >= 0.6 is 0 Å². The Kier molecular flexibility index (Phi) is 4.99. The highest BCUT2D eigenvalue weighted by Crippen LogP contribution is 2.28. The fourth-order valence-electron chi connectivity index (χ4n) is 3.99. The van der Waals surface area contributed by atoms with Crippen LogP contribution in [0.15, 0.2) is 34.5 Å². The third-order valence-electron chi connectivity index (χ3n) is 5.34. The Morgan fingerprint density at radius 1 is 1.30 bits per heavy atom. The number of carbonyl (C=O) groups is 1. The summed E-state index contributed by atoms with van der Waals surface area (Å²) in [6, 6.07) is 5.69. The maximum absolute atomic E-state index is 11.7. The number of fused-ring (bicyclic) bond motifs is 1. The Labute approximate surface area is 159 Å². The predicted octanol–water partition coefficient (Wildman–Crippen LogP) is 3.09. The van der Waals surface area contributed by atoms with Crippen LogP contribution < -0.4 is 4.90 Å². The molecular formula is C21H25N3O3. The first-order valence-electron chi connectivity index (χ1n) is 9.54. The van der Waals surface area contributed by atoms with Gasteiger partial charge < -0.3 is 14.4 Å². The number of carboxylic acid groups (broad SMARTS) is 1. The number of nitrogens with zero attached hydrogens (tertiary/aromatic N) is 3. The van der Waals surface area contributed by atoms with Gasteiger partial charge in [-0.3, -0.25) is 4.90 Å². The molecule has 2 aromatic heterocycles. The largest absolute Gasteiger partial charge is 0.478 e. The van der Waals surface area contributed by atoms with Crippen LogP contribution in [0.2, 0.25) is 0 Å². The molecule has 4 rings (SSSR count). The van der Waals surface area contributed by atoms with E-state index >= 15 is 0 Å². The lowest BCUT2D eigenvalue weighted by atomic mass is 10.1. The van der Waals surface area contributed by atoms with E-state index in [4.69, 9.17) is 9.40 Å². The summed E-state index contributed by atoms with van der Waals surface area (Å²) in [6.07, 6.45) is 6.72. The maximum Gasteiger partial charge on any atom is 0.339 e. The Balaban J connectivity index is 1.43. The minimum Gasteiger partial charge on any atom is -0.478 e. The Morgan fingerprint density at radius 2 is 2.11 bits per heavy atom. The summed E-state index contributed by atoms with van der Waals surface area (Å²) < 4.78 is 5.37. The van der Waals surface area contributed by atoms with Crippen LogP contribution in [0.1, 0.15) is 40.7 Å². The molecule has 1 fully saturated rings. The molecule has 142 valence electrons. The molecular weight excluding hydrogens is 342 g/mol. The molecule has 0 amide bonds. The van der Waals surface area contributed by atoms with Crippen molar-refractivity contribution in [3.8, 4) is 0 Å². The van der Waals surface area contributed by atoms with E-state index in [2.05, 4.69) is 22.8 Å². The normalized spacial score (nSPS) is 18.0. The Hall–Kier alpha value is -2.60. The number of anilines is 1. The van der Waals surface area contributed by atoms with Crippen LogP contribution in [0.3, 0.4) is 0 Å². The summed E-state index contributed by atoms with van der Waals surface area (Å²) in [7, 11) is 0. The van der Waals surface area contributed by atoms with Crippen molar-refractivity contribution in [2.75, 3.05) is 37.6 Å². The second kappa shape index (κ2) is 7.56. The van der Waals surface area contributed by atoms with Gasteiger partial charge in [-0.2, -0.15) is 0 Å². The van der Waals surface area contributed by atoms with Gasteiger partial charge in [-0.25, -0.2) is 9.78 Å². The number of carboxylic acids is 1. The van der Waals surface area contributed by atoms with Crippen molar-refractivity contribution in [3.05, 3.63) is 52.6 Å². The van der Waals surface area contributed by atoms with Crippen molar-refractivity contribution in [3.63, 3.8) is 0 Å². The zero-order valence-corrected chi connectivity index (χ0v) is 15.6. The van der Waals surface area contributed by atoms with E-state index in [1.54, 1.807) is 6.26 Å². The molecule has 0 bridgehead atoms. The van der Waals surface area contributed by atoms with Gasteiger partial charge in [0.15, 0.2) is 0 Å². The van der Waals surface area contributed by atoms with E-state index in [0.29, 0.717) is 11.4 Å². The van der Waals surface area contributed by atoms with Gasteiger partial charge in [0, 0.05) is 38.4 Å². The van der Waals surface area contributed by atoms with E-state index < -0.39 is 5.97 Å². The predicted molar refractivity (Wildman–Crippen MR) is 104 cm³/mol. The Bertz CT molecular complexity index is 850. The lowest BCUT2D eigenvalue weighted by Gasteiger charge is -2.36. The van der Waals surface area contributed by atoms with Gasteiger partial charge in [-0.15, -0.1) is 0 Å². The zero-order chi connectivity index (χ0) is 18.8. The van der Waals surface area contributed by atoms with Crippen molar-refractivity contribution in [2.24, 2.45) is 0 Å². The van der Waals surface area contributed by atoms with Gasteiger partial charge in [-0.1, -0.05) is 5.57 Å². The highest BCUT2D eigenvalue weighted by Gasteiger charge is 2.26. The highest BCUT2D eigenvalue weighted by atomic mass is 16.4. The van der Waals surface area contributed by atoms with Crippen molar-refractivity contribution >= 4 is 17.9 Å². The number of piperazine rings is 1. The van der Waals surface area contributed by atoms with Gasteiger partial charge in [0.05, 0.1) is 6.26 Å². The molecule has 2 aromatic rings. The van der Waals surface area contributed by atoms with Crippen LogP contribution in [0.5, 0.6) is 0 Å². The zero-order valence-electron chi connectivity index (χ0n) is 15.6. The van der Waals surface area contributed by atoms with Crippen LogP contribution in [0.25, 0.3) is 6.08 Å². The number of rotatable bonds is 5. The summed E-state index contributed by atoms with van der Waals surface area (Å²) in [4.78, 5) is 21.0. The molecule has 6 heteroatoms. The third kappa shape index (κ3) is 3.90. The fourth-order valence-corrected chi connectivity index (χ4v) is 3.99. The average molecular weight is 367 g/mol. The fraction of sp³-hybridized carbons (Fsp3) is 0.429. The van der Waals surface area contributed by atoms with Gasteiger partial charge >= 0.3 is 5.97 Å². The van der Waals surface area contributed by atoms with Crippen LogP contribution in [0, 0.1) is 0 Å². The molecule has 0 radical (unpaired) electrons. The number of aromatic nitrogens is 1. The minimum atomic E-state index is -0.883. The van der Waals surface area contributed by atoms with E-state index in [0.717, 1.165) is 69.0 Å². The summed E-state index contributed by atoms with van der Waals surface area (Å²) in [5.41, 5.74) is 3.78. The number of aromatic carboxylic acids is 1. The van der Waals surface area contributed by atoms with E-state index in [-0.39, 0.29) is 0 Å². The van der Waals surface area contributed by atoms with Crippen LogP contribution in [-0.4, -0.2) is 53.7 Å². The number of hydrogen-bond acceptors (Lipinski definition) is 5. The molecule has 1 aliphatic heterocycles. The number of aryl methyl sites for hydroxylation is 2. The van der Waals surface area contributed by atoms with E-state index in [1.807, 2.05) is 18.2 Å². The molecule has 0 spiro atoms. The lowest BCUT2D eigenvalue weighted by Crippen LogP contribution is -2.47. The molecule has 1 aliphatic carbocycles. The van der Waals surface area contributed by atoms with Gasteiger partial charge in [0.1, 0.15) is 17.1 Å². The first-order valence-corrected chi connectivity index (χ1v) is 9.54. The summed E-state index contributed by atoms with van der Waals surface area (Å²) in [6.45, 7) is 6.36. The molecule has 3 heterocycles. The number of hydrogen-bond donors (Lipinski definition) is 1. The molecule has 27 heavy (non-hydrogen) atoms. The molecule has 0 saturated carbocycles. The molecule has 0 aromatic carbocycles. The lowest BCUT2D eigenvalue weighted by molar-refractivity contribution is 0.0697.